The van der Waals surface area contributed by atoms with Gasteiger partial charge in [-0.1, -0.05) is 140 Å². The summed E-state index contributed by atoms with van der Waals surface area (Å²) in [5, 5.41) is 3.45. The molecule has 8 rings (SSSR count). The molecule has 0 spiro atoms. The Labute approximate surface area is 255 Å². The van der Waals surface area contributed by atoms with E-state index in [2.05, 4.69) is 145 Å². The van der Waals surface area contributed by atoms with Gasteiger partial charge in [0.25, 0.3) is 0 Å². The quantitative estimate of drug-likeness (QED) is 0.209. The highest BCUT2D eigenvalue weighted by Crippen LogP contribution is 2.31. The van der Waals surface area contributed by atoms with E-state index in [1.54, 1.807) is 0 Å². The van der Waals surface area contributed by atoms with Crippen LogP contribution in [0.5, 0.6) is 0 Å². The largest absolute Gasteiger partial charge is 0.256 e. The Morgan fingerprint density at radius 1 is 0.318 bits per heavy atom. The molecular weight excluding hydrogens is 536 g/mol. The Bertz CT molecular complexity index is 2250. The maximum absolute atomic E-state index is 4.99. The molecule has 0 aliphatic heterocycles. The molecule has 0 N–H and O–H groups in total. The fourth-order valence-corrected chi connectivity index (χ4v) is 5.67. The SMILES string of the molecule is c1ccc(-c2ccc(-c3nc(-c4ccc(-c5cccc6cccnc56)cc4)nc(-c4ccc5ccccc5c4)n3)cc2)cc1. The van der Waals surface area contributed by atoms with E-state index in [0.717, 1.165) is 49.7 Å². The summed E-state index contributed by atoms with van der Waals surface area (Å²) in [7, 11) is 0. The first-order valence-corrected chi connectivity index (χ1v) is 14.6. The second kappa shape index (κ2) is 11.0. The zero-order valence-electron chi connectivity index (χ0n) is 23.8. The third-order valence-electron chi connectivity index (χ3n) is 7.98. The predicted molar refractivity (Wildman–Crippen MR) is 180 cm³/mol. The third kappa shape index (κ3) is 4.89. The summed E-state index contributed by atoms with van der Waals surface area (Å²) in [5.41, 5.74) is 8.32. The van der Waals surface area contributed by atoms with Crippen molar-refractivity contribution < 1.29 is 0 Å². The average molecular weight is 563 g/mol. The van der Waals surface area contributed by atoms with Gasteiger partial charge in [0.2, 0.25) is 0 Å². The molecule has 0 saturated heterocycles. The minimum atomic E-state index is 0.632. The molecule has 0 bridgehead atoms. The Kier molecular flexibility index (Phi) is 6.43. The number of rotatable bonds is 5. The van der Waals surface area contributed by atoms with Gasteiger partial charge in [0, 0.05) is 33.8 Å². The molecule has 0 saturated carbocycles. The van der Waals surface area contributed by atoms with Gasteiger partial charge in [-0.25, -0.2) is 15.0 Å². The normalized spacial score (nSPS) is 11.2. The van der Waals surface area contributed by atoms with Gasteiger partial charge >= 0.3 is 0 Å². The van der Waals surface area contributed by atoms with E-state index >= 15 is 0 Å². The first kappa shape index (κ1) is 25.7. The Morgan fingerprint density at radius 3 is 1.57 bits per heavy atom. The maximum Gasteiger partial charge on any atom is 0.164 e. The molecule has 0 fully saturated rings. The maximum atomic E-state index is 4.99. The average Bonchev–Trinajstić information content (AvgIpc) is 3.11. The molecule has 0 aliphatic carbocycles. The fourth-order valence-electron chi connectivity index (χ4n) is 5.67. The van der Waals surface area contributed by atoms with E-state index in [-0.39, 0.29) is 0 Å². The van der Waals surface area contributed by atoms with Crippen LogP contribution in [0.4, 0.5) is 0 Å². The van der Waals surface area contributed by atoms with Crippen LogP contribution >= 0.6 is 0 Å². The van der Waals surface area contributed by atoms with Gasteiger partial charge in [0.05, 0.1) is 5.52 Å². The number of pyridine rings is 1. The van der Waals surface area contributed by atoms with Crippen LogP contribution in [0.2, 0.25) is 0 Å². The van der Waals surface area contributed by atoms with Crippen molar-refractivity contribution in [1.29, 1.82) is 0 Å². The van der Waals surface area contributed by atoms with Crippen molar-refractivity contribution in [3.05, 3.63) is 158 Å². The van der Waals surface area contributed by atoms with Gasteiger partial charge < -0.3 is 0 Å². The second-order valence-electron chi connectivity index (χ2n) is 10.8. The summed E-state index contributed by atoms with van der Waals surface area (Å²) in [5.74, 6) is 1.92. The lowest BCUT2D eigenvalue weighted by Crippen LogP contribution is -2.00. The van der Waals surface area contributed by atoms with E-state index in [9.17, 15) is 0 Å². The summed E-state index contributed by atoms with van der Waals surface area (Å²) < 4.78 is 0. The van der Waals surface area contributed by atoms with Gasteiger partial charge in [-0.2, -0.15) is 0 Å². The van der Waals surface area contributed by atoms with Crippen molar-refractivity contribution in [2.75, 3.05) is 0 Å². The number of benzene rings is 6. The zero-order chi connectivity index (χ0) is 29.3. The second-order valence-corrected chi connectivity index (χ2v) is 10.8. The molecular formula is C40H26N4. The van der Waals surface area contributed by atoms with Crippen molar-refractivity contribution in [3.63, 3.8) is 0 Å². The molecule has 6 aromatic carbocycles. The van der Waals surface area contributed by atoms with Crippen LogP contribution in [-0.4, -0.2) is 19.9 Å². The van der Waals surface area contributed by atoms with Gasteiger partial charge in [-0.3, -0.25) is 4.98 Å². The van der Waals surface area contributed by atoms with E-state index in [0.29, 0.717) is 17.5 Å². The van der Waals surface area contributed by atoms with Crippen molar-refractivity contribution in [1.82, 2.24) is 19.9 Å². The van der Waals surface area contributed by atoms with Crippen LogP contribution in [0.3, 0.4) is 0 Å². The standard InChI is InChI=1S/C40H26N4/c1-2-8-27(9-3-1)29-15-20-32(21-16-29)38-42-39(44-40(43-38)35-24-17-28-10-4-5-11-34(28)26-35)33-22-18-30(19-23-33)36-14-6-12-31-13-7-25-41-37(31)36/h1-26H. The van der Waals surface area contributed by atoms with E-state index in [1.807, 2.05) is 18.3 Å². The molecule has 2 heterocycles. The lowest BCUT2D eigenvalue weighted by atomic mass is 10.0. The first-order chi connectivity index (χ1) is 21.8. The van der Waals surface area contributed by atoms with Crippen LogP contribution in [0.15, 0.2) is 158 Å². The molecule has 0 amide bonds. The van der Waals surface area contributed by atoms with Gasteiger partial charge in [-0.15, -0.1) is 0 Å². The summed E-state index contributed by atoms with van der Waals surface area (Å²) in [6.07, 6.45) is 1.84. The van der Waals surface area contributed by atoms with E-state index < -0.39 is 0 Å². The molecule has 206 valence electrons. The minimum Gasteiger partial charge on any atom is -0.256 e. The van der Waals surface area contributed by atoms with Gasteiger partial charge in [0.1, 0.15) is 0 Å². The minimum absolute atomic E-state index is 0.632. The lowest BCUT2D eigenvalue weighted by Gasteiger charge is -2.11. The zero-order valence-corrected chi connectivity index (χ0v) is 23.8. The van der Waals surface area contributed by atoms with Gasteiger partial charge in [0.15, 0.2) is 17.5 Å². The Morgan fingerprint density at radius 2 is 0.841 bits per heavy atom. The number of aromatic nitrogens is 4. The number of hydrogen-bond donors (Lipinski definition) is 0. The molecule has 0 aliphatic rings. The fraction of sp³-hybridized carbons (Fsp3) is 0. The summed E-state index contributed by atoms with van der Waals surface area (Å²) in [4.78, 5) is 19.6. The molecule has 2 aromatic heterocycles. The smallest absolute Gasteiger partial charge is 0.164 e. The van der Waals surface area contributed by atoms with Crippen LogP contribution in [-0.2, 0) is 0 Å². The summed E-state index contributed by atoms with van der Waals surface area (Å²) >= 11 is 0. The van der Waals surface area contributed by atoms with Crippen LogP contribution < -0.4 is 0 Å². The Hall–Kier alpha value is -6.00. The summed E-state index contributed by atoms with van der Waals surface area (Å²) in [6, 6.07) is 52.2. The van der Waals surface area contributed by atoms with Crippen molar-refractivity contribution in [3.8, 4) is 56.4 Å². The van der Waals surface area contributed by atoms with E-state index in [4.69, 9.17) is 15.0 Å². The molecule has 0 atom stereocenters. The number of para-hydroxylation sites is 1. The van der Waals surface area contributed by atoms with Crippen LogP contribution in [0, 0.1) is 0 Å². The monoisotopic (exact) mass is 562 g/mol. The van der Waals surface area contributed by atoms with Crippen LogP contribution in [0.1, 0.15) is 0 Å². The lowest BCUT2D eigenvalue weighted by molar-refractivity contribution is 1.07. The number of fused-ring (bicyclic) bond motifs is 2. The summed E-state index contributed by atoms with van der Waals surface area (Å²) in [6.45, 7) is 0. The molecule has 44 heavy (non-hydrogen) atoms. The number of nitrogens with zero attached hydrogens (tertiary/aromatic N) is 4. The number of hydrogen-bond acceptors (Lipinski definition) is 4. The molecule has 4 nitrogen and oxygen atoms in total. The van der Waals surface area contributed by atoms with Crippen molar-refractivity contribution >= 4 is 21.7 Å². The highest BCUT2D eigenvalue weighted by Gasteiger charge is 2.14. The topological polar surface area (TPSA) is 51.6 Å². The predicted octanol–water partition coefficient (Wildman–Crippen LogP) is 9.91. The molecule has 8 aromatic rings. The van der Waals surface area contributed by atoms with Gasteiger partial charge in [-0.05, 0) is 39.6 Å². The Balaban J connectivity index is 1.23. The highest BCUT2D eigenvalue weighted by molar-refractivity contribution is 5.93. The highest BCUT2D eigenvalue weighted by atomic mass is 15.0. The van der Waals surface area contributed by atoms with Crippen molar-refractivity contribution in [2.45, 2.75) is 0 Å². The van der Waals surface area contributed by atoms with Crippen molar-refractivity contribution in [2.24, 2.45) is 0 Å². The molecule has 4 heteroatoms. The first-order valence-electron chi connectivity index (χ1n) is 14.6. The van der Waals surface area contributed by atoms with Crippen LogP contribution in [0.25, 0.3) is 78.1 Å². The molecule has 0 radical (unpaired) electrons. The molecule has 0 unspecified atom stereocenters. The van der Waals surface area contributed by atoms with E-state index in [1.165, 1.54) is 10.9 Å². The third-order valence-corrected chi connectivity index (χ3v) is 7.98.